The predicted octanol–water partition coefficient (Wildman–Crippen LogP) is 2.23. The standard InChI is InChI=1S/C16H21ClN2O5/c1-23-13-8-11(14(24-2)7-10(13)17)18-15(20)9-19-6-4-3-5-12(19)16(21)22/h7-8,12H,3-6,9H2,1-2H3,(H,18,20)(H,21,22). The van der Waals surface area contributed by atoms with E-state index in [1.54, 1.807) is 17.0 Å². The number of piperidine rings is 1. The average Bonchev–Trinajstić information content (AvgIpc) is 2.56. The lowest BCUT2D eigenvalue weighted by atomic mass is 10.0. The normalized spacial score (nSPS) is 18.0. The van der Waals surface area contributed by atoms with E-state index < -0.39 is 12.0 Å². The highest BCUT2D eigenvalue weighted by atomic mass is 35.5. The van der Waals surface area contributed by atoms with Gasteiger partial charge < -0.3 is 19.9 Å². The number of carbonyl (C=O) groups is 2. The number of carbonyl (C=O) groups excluding carboxylic acids is 1. The number of aliphatic carboxylic acids is 1. The van der Waals surface area contributed by atoms with E-state index in [0.29, 0.717) is 35.2 Å². The first-order valence-electron chi connectivity index (χ1n) is 7.64. The molecule has 0 aliphatic carbocycles. The molecule has 132 valence electrons. The Morgan fingerprint density at radius 1 is 1.29 bits per heavy atom. The van der Waals surface area contributed by atoms with Crippen LogP contribution in [0.25, 0.3) is 0 Å². The number of benzene rings is 1. The molecule has 24 heavy (non-hydrogen) atoms. The highest BCUT2D eigenvalue weighted by Crippen LogP contribution is 2.35. The van der Waals surface area contributed by atoms with Gasteiger partial charge in [-0.3, -0.25) is 14.5 Å². The highest BCUT2D eigenvalue weighted by Gasteiger charge is 2.29. The van der Waals surface area contributed by atoms with Crippen molar-refractivity contribution >= 4 is 29.2 Å². The molecule has 0 aromatic heterocycles. The van der Waals surface area contributed by atoms with E-state index >= 15 is 0 Å². The molecule has 1 aliphatic heterocycles. The summed E-state index contributed by atoms with van der Waals surface area (Å²) >= 11 is 6.04. The molecule has 0 spiro atoms. The fourth-order valence-corrected chi connectivity index (χ4v) is 3.02. The molecule has 1 amide bonds. The topological polar surface area (TPSA) is 88.1 Å². The van der Waals surface area contributed by atoms with Crippen LogP contribution in [0.3, 0.4) is 0 Å². The summed E-state index contributed by atoms with van der Waals surface area (Å²) in [6.07, 6.45) is 2.30. The van der Waals surface area contributed by atoms with Crippen LogP contribution in [0.1, 0.15) is 19.3 Å². The van der Waals surface area contributed by atoms with Crippen molar-refractivity contribution in [3.63, 3.8) is 0 Å². The number of amides is 1. The van der Waals surface area contributed by atoms with Crippen molar-refractivity contribution in [3.8, 4) is 11.5 Å². The lowest BCUT2D eigenvalue weighted by molar-refractivity contribution is -0.145. The van der Waals surface area contributed by atoms with E-state index in [1.165, 1.54) is 14.2 Å². The van der Waals surface area contributed by atoms with Gasteiger partial charge in [0, 0.05) is 12.1 Å². The number of halogens is 1. The van der Waals surface area contributed by atoms with E-state index in [9.17, 15) is 14.7 Å². The number of hydrogen-bond donors (Lipinski definition) is 2. The van der Waals surface area contributed by atoms with Crippen LogP contribution in [0, 0.1) is 0 Å². The summed E-state index contributed by atoms with van der Waals surface area (Å²) in [5, 5.41) is 12.4. The Hall–Kier alpha value is -1.99. The molecule has 2 rings (SSSR count). The van der Waals surface area contributed by atoms with Crippen LogP contribution in [-0.4, -0.2) is 55.2 Å². The molecule has 8 heteroatoms. The minimum Gasteiger partial charge on any atom is -0.495 e. The van der Waals surface area contributed by atoms with Gasteiger partial charge in [-0.2, -0.15) is 0 Å². The monoisotopic (exact) mass is 356 g/mol. The van der Waals surface area contributed by atoms with Gasteiger partial charge in [-0.15, -0.1) is 0 Å². The van der Waals surface area contributed by atoms with Gasteiger partial charge in [-0.1, -0.05) is 18.0 Å². The van der Waals surface area contributed by atoms with Gasteiger partial charge in [0.1, 0.15) is 17.5 Å². The molecular formula is C16H21ClN2O5. The zero-order valence-electron chi connectivity index (χ0n) is 13.7. The van der Waals surface area contributed by atoms with Crippen molar-refractivity contribution in [3.05, 3.63) is 17.2 Å². The number of carboxylic acid groups (broad SMARTS) is 1. The van der Waals surface area contributed by atoms with Gasteiger partial charge in [-0.25, -0.2) is 0 Å². The lowest BCUT2D eigenvalue weighted by Gasteiger charge is -2.32. The fraction of sp³-hybridized carbons (Fsp3) is 0.500. The molecule has 0 radical (unpaired) electrons. The SMILES string of the molecule is COc1cc(NC(=O)CN2CCCCC2C(=O)O)c(OC)cc1Cl. The van der Waals surface area contributed by atoms with Crippen molar-refractivity contribution in [2.75, 3.05) is 32.6 Å². The zero-order chi connectivity index (χ0) is 17.7. The van der Waals surface area contributed by atoms with Crippen LogP contribution < -0.4 is 14.8 Å². The quantitative estimate of drug-likeness (QED) is 0.812. The minimum absolute atomic E-state index is 0.00502. The summed E-state index contributed by atoms with van der Waals surface area (Å²) in [6.45, 7) is 0.594. The van der Waals surface area contributed by atoms with Crippen LogP contribution in [0.15, 0.2) is 12.1 Å². The van der Waals surface area contributed by atoms with Gasteiger partial charge in [-0.05, 0) is 19.4 Å². The molecule has 2 N–H and O–H groups in total. The van der Waals surface area contributed by atoms with Crippen LogP contribution >= 0.6 is 11.6 Å². The summed E-state index contributed by atoms with van der Waals surface area (Å²) in [5.74, 6) is -0.393. The van der Waals surface area contributed by atoms with Crippen LogP contribution in [-0.2, 0) is 9.59 Å². The van der Waals surface area contributed by atoms with E-state index in [-0.39, 0.29) is 12.5 Å². The third-order valence-corrected chi connectivity index (χ3v) is 4.29. The number of ether oxygens (including phenoxy) is 2. The van der Waals surface area contributed by atoms with Crippen molar-refractivity contribution in [2.45, 2.75) is 25.3 Å². The van der Waals surface area contributed by atoms with Gasteiger partial charge in [0.15, 0.2) is 0 Å². The molecule has 7 nitrogen and oxygen atoms in total. The van der Waals surface area contributed by atoms with Gasteiger partial charge >= 0.3 is 5.97 Å². The number of hydrogen-bond acceptors (Lipinski definition) is 5. The number of nitrogens with zero attached hydrogens (tertiary/aromatic N) is 1. The van der Waals surface area contributed by atoms with Crippen molar-refractivity contribution in [2.24, 2.45) is 0 Å². The molecule has 1 heterocycles. The second-order valence-electron chi connectivity index (χ2n) is 5.56. The summed E-state index contributed by atoms with van der Waals surface area (Å²) in [4.78, 5) is 25.3. The van der Waals surface area contributed by atoms with E-state index in [1.807, 2.05) is 0 Å². The molecule has 1 aromatic carbocycles. The molecule has 1 aromatic rings. The Morgan fingerprint density at radius 2 is 2.00 bits per heavy atom. The maximum atomic E-state index is 12.3. The van der Waals surface area contributed by atoms with E-state index in [4.69, 9.17) is 21.1 Å². The van der Waals surface area contributed by atoms with Gasteiger partial charge in [0.25, 0.3) is 0 Å². The first-order valence-corrected chi connectivity index (χ1v) is 8.02. The van der Waals surface area contributed by atoms with Crippen molar-refractivity contribution in [1.82, 2.24) is 4.90 Å². The third kappa shape index (κ3) is 4.30. The Kier molecular flexibility index (Phi) is 6.28. The van der Waals surface area contributed by atoms with Crippen molar-refractivity contribution < 1.29 is 24.2 Å². The molecule has 1 fully saturated rings. The molecule has 1 unspecified atom stereocenters. The molecule has 0 bridgehead atoms. The largest absolute Gasteiger partial charge is 0.495 e. The Morgan fingerprint density at radius 3 is 2.62 bits per heavy atom. The lowest BCUT2D eigenvalue weighted by Crippen LogP contribution is -2.47. The molecule has 1 saturated heterocycles. The zero-order valence-corrected chi connectivity index (χ0v) is 14.4. The van der Waals surface area contributed by atoms with Crippen molar-refractivity contribution in [1.29, 1.82) is 0 Å². The van der Waals surface area contributed by atoms with Gasteiger partial charge in [0.05, 0.1) is 31.5 Å². The number of carboxylic acids is 1. The summed E-state index contributed by atoms with van der Waals surface area (Å²) in [5.41, 5.74) is 0.424. The highest BCUT2D eigenvalue weighted by molar-refractivity contribution is 6.32. The smallest absolute Gasteiger partial charge is 0.320 e. The first-order chi connectivity index (χ1) is 11.5. The molecule has 0 saturated carbocycles. The van der Waals surface area contributed by atoms with E-state index in [0.717, 1.165) is 12.8 Å². The first kappa shape index (κ1) is 18.4. The number of anilines is 1. The van der Waals surface area contributed by atoms with Crippen LogP contribution in [0.2, 0.25) is 5.02 Å². The van der Waals surface area contributed by atoms with Gasteiger partial charge in [0.2, 0.25) is 5.91 Å². The predicted molar refractivity (Wildman–Crippen MR) is 90.0 cm³/mol. The maximum absolute atomic E-state index is 12.3. The number of likely N-dealkylation sites (tertiary alicyclic amines) is 1. The molecule has 1 aliphatic rings. The molecular weight excluding hydrogens is 336 g/mol. The third-order valence-electron chi connectivity index (χ3n) is 3.99. The fourth-order valence-electron chi connectivity index (χ4n) is 2.79. The Balaban J connectivity index is 2.10. The number of nitrogens with one attached hydrogen (secondary N) is 1. The second-order valence-corrected chi connectivity index (χ2v) is 5.96. The average molecular weight is 357 g/mol. The maximum Gasteiger partial charge on any atom is 0.320 e. The number of methoxy groups -OCH3 is 2. The number of rotatable bonds is 6. The Labute approximate surface area is 145 Å². The Bertz CT molecular complexity index is 623. The summed E-state index contributed by atoms with van der Waals surface area (Å²) in [6, 6.07) is 2.51. The molecule has 1 atom stereocenters. The summed E-state index contributed by atoms with van der Waals surface area (Å²) in [7, 11) is 2.95. The van der Waals surface area contributed by atoms with E-state index in [2.05, 4.69) is 5.32 Å². The summed E-state index contributed by atoms with van der Waals surface area (Å²) < 4.78 is 10.4. The van der Waals surface area contributed by atoms with Crippen LogP contribution in [0.5, 0.6) is 11.5 Å². The second kappa shape index (κ2) is 8.21. The minimum atomic E-state index is -0.895. The van der Waals surface area contributed by atoms with Crippen LogP contribution in [0.4, 0.5) is 5.69 Å².